The molecule has 0 aliphatic heterocycles. The van der Waals surface area contributed by atoms with Gasteiger partial charge in [-0.05, 0) is 37.0 Å². The van der Waals surface area contributed by atoms with Gasteiger partial charge in [0.1, 0.15) is 5.75 Å². The lowest BCUT2D eigenvalue weighted by atomic mass is 9.96. The highest BCUT2D eigenvalue weighted by Crippen LogP contribution is 2.24. The van der Waals surface area contributed by atoms with Crippen LogP contribution in [0.4, 0.5) is 0 Å². The van der Waals surface area contributed by atoms with E-state index in [0.717, 1.165) is 16.7 Å². The number of carbonyl (C=O) groups excluding carboxylic acids is 1. The molecule has 0 saturated carbocycles. The Morgan fingerprint density at radius 3 is 2.35 bits per heavy atom. The molecule has 17 heavy (non-hydrogen) atoms. The molecule has 1 aromatic rings. The number of ether oxygens (including phenoxy) is 1. The SMILES string of the molecule is COC(=O)C(CN)Cc1cc(C)c(O)c(C)c1. The molecule has 0 aliphatic carbocycles. The van der Waals surface area contributed by atoms with Crippen LogP contribution in [-0.2, 0) is 16.0 Å². The number of hydrogen-bond acceptors (Lipinski definition) is 4. The fourth-order valence-corrected chi connectivity index (χ4v) is 1.88. The van der Waals surface area contributed by atoms with E-state index in [1.807, 2.05) is 26.0 Å². The Morgan fingerprint density at radius 2 is 1.94 bits per heavy atom. The first-order valence-corrected chi connectivity index (χ1v) is 5.56. The zero-order valence-electron chi connectivity index (χ0n) is 10.5. The first-order valence-electron chi connectivity index (χ1n) is 5.56. The zero-order chi connectivity index (χ0) is 13.0. The molecule has 0 aliphatic rings. The van der Waals surface area contributed by atoms with E-state index in [1.165, 1.54) is 7.11 Å². The molecular weight excluding hydrogens is 218 g/mol. The van der Waals surface area contributed by atoms with Gasteiger partial charge in [0.2, 0.25) is 0 Å². The van der Waals surface area contributed by atoms with Gasteiger partial charge >= 0.3 is 5.97 Å². The Hall–Kier alpha value is -1.55. The van der Waals surface area contributed by atoms with Gasteiger partial charge in [-0.3, -0.25) is 4.79 Å². The van der Waals surface area contributed by atoms with Crippen LogP contribution < -0.4 is 5.73 Å². The summed E-state index contributed by atoms with van der Waals surface area (Å²) in [5, 5.41) is 9.66. The Balaban J connectivity index is 2.91. The fraction of sp³-hybridized carbons (Fsp3) is 0.462. The lowest BCUT2D eigenvalue weighted by Gasteiger charge is -2.14. The van der Waals surface area contributed by atoms with Crippen LogP contribution in [0, 0.1) is 19.8 Å². The van der Waals surface area contributed by atoms with E-state index in [0.29, 0.717) is 12.2 Å². The molecule has 0 spiro atoms. The van der Waals surface area contributed by atoms with Gasteiger partial charge in [-0.25, -0.2) is 0 Å². The number of esters is 1. The second kappa shape index (κ2) is 5.68. The van der Waals surface area contributed by atoms with Crippen LogP contribution in [0.5, 0.6) is 5.75 Å². The molecule has 0 radical (unpaired) electrons. The molecule has 3 N–H and O–H groups in total. The minimum Gasteiger partial charge on any atom is -0.507 e. The number of phenolic OH excluding ortho intramolecular Hbond substituents is 1. The first kappa shape index (κ1) is 13.5. The fourth-order valence-electron chi connectivity index (χ4n) is 1.88. The summed E-state index contributed by atoms with van der Waals surface area (Å²) in [6.45, 7) is 3.93. The maximum Gasteiger partial charge on any atom is 0.310 e. The van der Waals surface area contributed by atoms with Crippen molar-refractivity contribution < 1.29 is 14.6 Å². The Bertz CT molecular complexity index is 392. The molecule has 0 heterocycles. The van der Waals surface area contributed by atoms with Gasteiger partial charge in [0, 0.05) is 6.54 Å². The van der Waals surface area contributed by atoms with Gasteiger partial charge in [0.05, 0.1) is 13.0 Å². The van der Waals surface area contributed by atoms with Crippen molar-refractivity contribution in [2.24, 2.45) is 11.7 Å². The number of benzene rings is 1. The predicted octanol–water partition coefficient (Wildman–Crippen LogP) is 1.30. The maximum atomic E-state index is 11.4. The largest absolute Gasteiger partial charge is 0.507 e. The van der Waals surface area contributed by atoms with Crippen molar-refractivity contribution in [2.75, 3.05) is 13.7 Å². The van der Waals surface area contributed by atoms with Gasteiger partial charge in [-0.15, -0.1) is 0 Å². The summed E-state index contributed by atoms with van der Waals surface area (Å²) < 4.78 is 4.69. The Labute approximate surface area is 101 Å². The van der Waals surface area contributed by atoms with Crippen LogP contribution in [0.2, 0.25) is 0 Å². The van der Waals surface area contributed by atoms with Crippen LogP contribution >= 0.6 is 0 Å². The van der Waals surface area contributed by atoms with Gasteiger partial charge in [-0.1, -0.05) is 12.1 Å². The number of nitrogens with two attached hydrogens (primary N) is 1. The molecule has 4 heteroatoms. The van der Waals surface area contributed by atoms with Crippen molar-refractivity contribution >= 4 is 5.97 Å². The number of aryl methyl sites for hydroxylation is 2. The van der Waals surface area contributed by atoms with Crippen molar-refractivity contribution in [3.8, 4) is 5.75 Å². The lowest BCUT2D eigenvalue weighted by molar-refractivity contribution is -0.145. The second-order valence-corrected chi connectivity index (χ2v) is 4.24. The third-order valence-electron chi connectivity index (χ3n) is 2.85. The van der Waals surface area contributed by atoms with Crippen molar-refractivity contribution in [1.82, 2.24) is 0 Å². The molecule has 1 unspecified atom stereocenters. The molecule has 4 nitrogen and oxygen atoms in total. The third-order valence-corrected chi connectivity index (χ3v) is 2.85. The standard InChI is InChI=1S/C13H19NO3/c1-8-4-10(5-9(2)12(8)15)6-11(7-14)13(16)17-3/h4-5,11,15H,6-7,14H2,1-3H3. The highest BCUT2D eigenvalue weighted by Gasteiger charge is 2.18. The van der Waals surface area contributed by atoms with Crippen LogP contribution in [-0.4, -0.2) is 24.7 Å². The highest BCUT2D eigenvalue weighted by atomic mass is 16.5. The van der Waals surface area contributed by atoms with E-state index in [-0.39, 0.29) is 18.4 Å². The first-order chi connectivity index (χ1) is 7.99. The molecule has 1 atom stereocenters. The van der Waals surface area contributed by atoms with Crippen molar-refractivity contribution in [3.05, 3.63) is 28.8 Å². The number of phenols is 1. The van der Waals surface area contributed by atoms with Gasteiger partial charge in [0.15, 0.2) is 0 Å². The van der Waals surface area contributed by atoms with E-state index in [2.05, 4.69) is 0 Å². The summed E-state index contributed by atoms with van der Waals surface area (Å²) >= 11 is 0. The summed E-state index contributed by atoms with van der Waals surface area (Å²) in [5.74, 6) is -0.324. The van der Waals surface area contributed by atoms with Gasteiger partial charge < -0.3 is 15.6 Å². The van der Waals surface area contributed by atoms with Crippen molar-refractivity contribution in [2.45, 2.75) is 20.3 Å². The molecule has 0 saturated heterocycles. The predicted molar refractivity (Wildman–Crippen MR) is 65.8 cm³/mol. The van der Waals surface area contributed by atoms with Crippen LogP contribution in [0.3, 0.4) is 0 Å². The molecule has 94 valence electrons. The number of methoxy groups -OCH3 is 1. The van der Waals surface area contributed by atoms with Crippen LogP contribution in [0.15, 0.2) is 12.1 Å². The molecular formula is C13H19NO3. The molecule has 1 rings (SSSR count). The summed E-state index contributed by atoms with van der Waals surface area (Å²) in [6, 6.07) is 3.74. The number of aromatic hydroxyl groups is 1. The summed E-state index contributed by atoms with van der Waals surface area (Å²) in [6.07, 6.45) is 0.533. The molecule has 0 amide bonds. The number of rotatable bonds is 4. The monoisotopic (exact) mass is 237 g/mol. The van der Waals surface area contributed by atoms with Gasteiger partial charge in [0.25, 0.3) is 0 Å². The highest BCUT2D eigenvalue weighted by molar-refractivity contribution is 5.73. The average molecular weight is 237 g/mol. The van der Waals surface area contributed by atoms with E-state index < -0.39 is 0 Å². The quantitative estimate of drug-likeness (QED) is 0.774. The molecule has 0 fully saturated rings. The number of hydrogen-bond donors (Lipinski definition) is 2. The molecule has 0 bridgehead atoms. The van der Waals surface area contributed by atoms with Gasteiger partial charge in [-0.2, -0.15) is 0 Å². The third kappa shape index (κ3) is 3.20. The van der Waals surface area contributed by atoms with Crippen LogP contribution in [0.25, 0.3) is 0 Å². The minimum atomic E-state index is -0.330. The van der Waals surface area contributed by atoms with E-state index >= 15 is 0 Å². The average Bonchev–Trinajstić information content (AvgIpc) is 2.31. The smallest absolute Gasteiger partial charge is 0.310 e. The summed E-state index contributed by atoms with van der Waals surface area (Å²) in [4.78, 5) is 11.4. The Kier molecular flexibility index (Phi) is 4.52. The molecule has 1 aromatic carbocycles. The summed E-state index contributed by atoms with van der Waals surface area (Å²) in [5.41, 5.74) is 8.15. The Morgan fingerprint density at radius 1 is 1.41 bits per heavy atom. The molecule has 0 aromatic heterocycles. The van der Waals surface area contributed by atoms with Crippen molar-refractivity contribution in [1.29, 1.82) is 0 Å². The van der Waals surface area contributed by atoms with Crippen molar-refractivity contribution in [3.63, 3.8) is 0 Å². The zero-order valence-corrected chi connectivity index (χ0v) is 10.5. The lowest BCUT2D eigenvalue weighted by Crippen LogP contribution is -2.26. The van der Waals surface area contributed by atoms with E-state index in [1.54, 1.807) is 0 Å². The van der Waals surface area contributed by atoms with Crippen LogP contribution in [0.1, 0.15) is 16.7 Å². The topological polar surface area (TPSA) is 72.5 Å². The van der Waals surface area contributed by atoms with E-state index in [4.69, 9.17) is 10.5 Å². The second-order valence-electron chi connectivity index (χ2n) is 4.24. The normalized spacial score (nSPS) is 12.2. The number of carbonyl (C=O) groups is 1. The van der Waals surface area contributed by atoms with E-state index in [9.17, 15) is 9.90 Å². The summed E-state index contributed by atoms with van der Waals surface area (Å²) in [7, 11) is 1.36. The minimum absolute atomic E-state index is 0.256. The maximum absolute atomic E-state index is 11.4.